The standard InChI is InChI=1S/C28H42N4O5/c1-18(2)23(25(34)29-21-11-9-19(3)10-12-21)30-24(33)20-13-16-31(17-14-20)26(35)22-8-7-15-32(22)27(36)37-28(4,5)6/h9-12,18,20,22-23H,7-8,13-17H2,1-6H3,(H,29,34)(H,30,33). The van der Waals surface area contributed by atoms with E-state index in [0.29, 0.717) is 44.6 Å². The number of aryl methyl sites for hydroxylation is 1. The molecule has 2 unspecified atom stereocenters. The second-order valence-electron chi connectivity index (χ2n) is 11.5. The van der Waals surface area contributed by atoms with Crippen LogP contribution in [0.1, 0.15) is 65.9 Å². The van der Waals surface area contributed by atoms with E-state index in [2.05, 4.69) is 10.6 Å². The molecule has 0 radical (unpaired) electrons. The molecule has 2 N–H and O–H groups in total. The molecule has 2 heterocycles. The second kappa shape index (κ2) is 12.0. The van der Waals surface area contributed by atoms with Crippen LogP contribution in [0.5, 0.6) is 0 Å². The predicted octanol–water partition coefficient (Wildman–Crippen LogP) is 3.71. The van der Waals surface area contributed by atoms with Crippen molar-refractivity contribution in [1.29, 1.82) is 0 Å². The van der Waals surface area contributed by atoms with Crippen LogP contribution >= 0.6 is 0 Å². The molecule has 2 fully saturated rings. The number of carbonyl (C=O) groups excluding carboxylic acids is 4. The van der Waals surface area contributed by atoms with Crippen molar-refractivity contribution in [1.82, 2.24) is 15.1 Å². The van der Waals surface area contributed by atoms with Gasteiger partial charge in [0, 0.05) is 31.2 Å². The summed E-state index contributed by atoms with van der Waals surface area (Å²) in [4.78, 5) is 55.1. The molecule has 0 saturated carbocycles. The van der Waals surface area contributed by atoms with Gasteiger partial charge in [-0.3, -0.25) is 19.3 Å². The lowest BCUT2D eigenvalue weighted by atomic mass is 9.94. The molecule has 0 spiro atoms. The third kappa shape index (κ3) is 7.69. The Hall–Kier alpha value is -3.10. The van der Waals surface area contributed by atoms with Crippen molar-refractivity contribution in [3.05, 3.63) is 29.8 Å². The van der Waals surface area contributed by atoms with Gasteiger partial charge in [0.15, 0.2) is 0 Å². The van der Waals surface area contributed by atoms with Crippen molar-refractivity contribution in [2.45, 2.75) is 84.9 Å². The lowest BCUT2D eigenvalue weighted by Gasteiger charge is -2.36. The van der Waals surface area contributed by atoms with E-state index >= 15 is 0 Å². The molecule has 0 aromatic heterocycles. The molecule has 204 valence electrons. The van der Waals surface area contributed by atoms with E-state index in [1.807, 2.05) is 65.8 Å². The van der Waals surface area contributed by atoms with Crippen LogP contribution in [0.2, 0.25) is 0 Å². The molecule has 3 rings (SSSR count). The number of piperidine rings is 1. The Labute approximate surface area is 220 Å². The van der Waals surface area contributed by atoms with Gasteiger partial charge in [0.1, 0.15) is 17.7 Å². The first-order chi connectivity index (χ1) is 17.4. The van der Waals surface area contributed by atoms with Crippen LogP contribution in [0.15, 0.2) is 24.3 Å². The van der Waals surface area contributed by atoms with E-state index in [0.717, 1.165) is 12.0 Å². The van der Waals surface area contributed by atoms with E-state index in [4.69, 9.17) is 4.74 Å². The summed E-state index contributed by atoms with van der Waals surface area (Å²) >= 11 is 0. The van der Waals surface area contributed by atoms with Crippen LogP contribution in [0, 0.1) is 18.8 Å². The molecule has 1 aromatic carbocycles. The summed E-state index contributed by atoms with van der Waals surface area (Å²) in [5, 5.41) is 5.83. The van der Waals surface area contributed by atoms with E-state index < -0.39 is 23.8 Å². The highest BCUT2D eigenvalue weighted by molar-refractivity contribution is 5.97. The first kappa shape index (κ1) is 28.5. The Balaban J connectivity index is 1.53. The van der Waals surface area contributed by atoms with Crippen molar-refractivity contribution in [3.63, 3.8) is 0 Å². The average Bonchev–Trinajstić information content (AvgIpc) is 3.32. The average molecular weight is 515 g/mol. The quantitative estimate of drug-likeness (QED) is 0.602. The van der Waals surface area contributed by atoms with Crippen molar-refractivity contribution in [2.24, 2.45) is 11.8 Å². The van der Waals surface area contributed by atoms with Crippen LogP contribution in [-0.2, 0) is 19.1 Å². The number of benzene rings is 1. The first-order valence-corrected chi connectivity index (χ1v) is 13.3. The van der Waals surface area contributed by atoms with Crippen LogP contribution in [-0.4, -0.2) is 70.9 Å². The van der Waals surface area contributed by atoms with Crippen LogP contribution in [0.4, 0.5) is 10.5 Å². The van der Waals surface area contributed by atoms with Crippen molar-refractivity contribution < 1.29 is 23.9 Å². The van der Waals surface area contributed by atoms with E-state index in [1.54, 1.807) is 4.90 Å². The summed E-state index contributed by atoms with van der Waals surface area (Å²) in [6, 6.07) is 6.35. The van der Waals surface area contributed by atoms with Gasteiger partial charge in [0.05, 0.1) is 0 Å². The third-order valence-corrected chi connectivity index (χ3v) is 6.91. The largest absolute Gasteiger partial charge is 0.444 e. The van der Waals surface area contributed by atoms with Gasteiger partial charge in [-0.05, 0) is 71.4 Å². The van der Waals surface area contributed by atoms with E-state index in [1.165, 1.54) is 4.90 Å². The number of nitrogens with one attached hydrogen (secondary N) is 2. The van der Waals surface area contributed by atoms with Gasteiger partial charge in [0.25, 0.3) is 0 Å². The minimum Gasteiger partial charge on any atom is -0.444 e. The number of carbonyl (C=O) groups is 4. The Kier molecular flexibility index (Phi) is 9.21. The molecule has 2 atom stereocenters. The summed E-state index contributed by atoms with van der Waals surface area (Å²) in [6.07, 6.45) is 1.95. The maximum atomic E-state index is 13.2. The fourth-order valence-electron chi connectivity index (χ4n) is 4.80. The molecule has 9 nitrogen and oxygen atoms in total. The van der Waals surface area contributed by atoms with Crippen LogP contribution in [0.3, 0.4) is 0 Å². The lowest BCUT2D eigenvalue weighted by Crippen LogP contribution is -2.53. The van der Waals surface area contributed by atoms with Crippen molar-refractivity contribution >= 4 is 29.5 Å². The van der Waals surface area contributed by atoms with Gasteiger partial charge in [-0.25, -0.2) is 4.79 Å². The van der Waals surface area contributed by atoms with Crippen LogP contribution < -0.4 is 10.6 Å². The molecule has 37 heavy (non-hydrogen) atoms. The fraction of sp³-hybridized carbons (Fsp3) is 0.643. The highest BCUT2D eigenvalue weighted by atomic mass is 16.6. The van der Waals surface area contributed by atoms with Gasteiger partial charge in [-0.15, -0.1) is 0 Å². The molecular weight excluding hydrogens is 472 g/mol. The Morgan fingerprint density at radius 2 is 1.59 bits per heavy atom. The third-order valence-electron chi connectivity index (χ3n) is 6.91. The zero-order chi connectivity index (χ0) is 27.3. The van der Waals surface area contributed by atoms with E-state index in [9.17, 15) is 19.2 Å². The normalized spacial score (nSPS) is 19.5. The molecule has 9 heteroatoms. The van der Waals surface area contributed by atoms with Gasteiger partial charge in [-0.1, -0.05) is 31.5 Å². The van der Waals surface area contributed by atoms with Gasteiger partial charge >= 0.3 is 6.09 Å². The molecule has 2 aliphatic rings. The minimum absolute atomic E-state index is 0.0836. The highest BCUT2D eigenvalue weighted by Crippen LogP contribution is 2.25. The fourth-order valence-corrected chi connectivity index (χ4v) is 4.80. The zero-order valence-electron chi connectivity index (χ0n) is 23.0. The molecule has 1 aromatic rings. The van der Waals surface area contributed by atoms with Crippen molar-refractivity contribution in [2.75, 3.05) is 25.0 Å². The van der Waals surface area contributed by atoms with Gasteiger partial charge in [-0.2, -0.15) is 0 Å². The van der Waals surface area contributed by atoms with Gasteiger partial charge in [0.2, 0.25) is 17.7 Å². The number of amides is 4. The summed E-state index contributed by atoms with van der Waals surface area (Å²) in [6.45, 7) is 12.6. The smallest absolute Gasteiger partial charge is 0.410 e. The lowest BCUT2D eigenvalue weighted by molar-refractivity contribution is -0.139. The van der Waals surface area contributed by atoms with Gasteiger partial charge < -0.3 is 20.3 Å². The SMILES string of the molecule is Cc1ccc(NC(=O)C(NC(=O)C2CCN(C(=O)C3CCCN3C(=O)OC(C)(C)C)CC2)C(C)C)cc1. The monoisotopic (exact) mass is 514 g/mol. The summed E-state index contributed by atoms with van der Waals surface area (Å²) in [5.41, 5.74) is 1.17. The summed E-state index contributed by atoms with van der Waals surface area (Å²) < 4.78 is 5.49. The molecule has 0 aliphatic carbocycles. The topological polar surface area (TPSA) is 108 Å². The first-order valence-electron chi connectivity index (χ1n) is 13.3. The molecule has 2 saturated heterocycles. The Morgan fingerprint density at radius 3 is 2.16 bits per heavy atom. The number of anilines is 1. The Morgan fingerprint density at radius 1 is 0.973 bits per heavy atom. The highest BCUT2D eigenvalue weighted by Gasteiger charge is 2.40. The number of hydrogen-bond donors (Lipinski definition) is 2. The number of likely N-dealkylation sites (tertiary alicyclic amines) is 2. The zero-order valence-corrected chi connectivity index (χ0v) is 23.0. The Bertz CT molecular complexity index is 977. The van der Waals surface area contributed by atoms with Crippen molar-refractivity contribution in [3.8, 4) is 0 Å². The molecular formula is C28H42N4O5. The number of ether oxygens (including phenoxy) is 1. The second-order valence-corrected chi connectivity index (χ2v) is 11.5. The summed E-state index contributed by atoms with van der Waals surface area (Å²) in [7, 11) is 0. The van der Waals surface area contributed by atoms with Crippen LogP contribution in [0.25, 0.3) is 0 Å². The summed E-state index contributed by atoms with van der Waals surface area (Å²) in [5.74, 6) is -0.857. The molecule has 2 aliphatic heterocycles. The number of rotatable bonds is 6. The molecule has 0 bridgehead atoms. The van der Waals surface area contributed by atoms with E-state index in [-0.39, 0.29) is 29.6 Å². The maximum Gasteiger partial charge on any atom is 0.410 e. The maximum absolute atomic E-state index is 13.2. The minimum atomic E-state index is -0.658. The molecule has 4 amide bonds. The number of hydrogen-bond acceptors (Lipinski definition) is 5. The predicted molar refractivity (Wildman–Crippen MR) is 142 cm³/mol. The number of nitrogens with zero attached hydrogens (tertiary/aromatic N) is 2.